The van der Waals surface area contributed by atoms with E-state index in [4.69, 9.17) is 5.73 Å². The van der Waals surface area contributed by atoms with Gasteiger partial charge in [0.05, 0.1) is 5.75 Å². The van der Waals surface area contributed by atoms with Crippen molar-refractivity contribution in [3.63, 3.8) is 0 Å². The highest BCUT2D eigenvalue weighted by Gasteiger charge is 2.18. The molecule has 15 heavy (non-hydrogen) atoms. The Kier molecular flexibility index (Phi) is 5.02. The molecule has 1 saturated carbocycles. The van der Waals surface area contributed by atoms with Crippen molar-refractivity contribution in [2.45, 2.75) is 44.2 Å². The first kappa shape index (κ1) is 12.9. The third kappa shape index (κ3) is 6.12. The third-order valence-corrected chi connectivity index (χ3v) is 3.87. The lowest BCUT2D eigenvalue weighted by atomic mass is 9.92. The summed E-state index contributed by atoms with van der Waals surface area (Å²) < 4.78 is 21.8. The van der Waals surface area contributed by atoms with Crippen LogP contribution in [0.4, 0.5) is 0 Å². The molecule has 0 aromatic heterocycles. The lowest BCUT2D eigenvalue weighted by Crippen LogP contribution is -2.40. The predicted octanol–water partition coefficient (Wildman–Crippen LogP) is 0.281. The van der Waals surface area contributed by atoms with Crippen molar-refractivity contribution < 1.29 is 8.42 Å². The second-order valence-corrected chi connectivity index (χ2v) is 6.82. The topological polar surface area (TPSA) is 72.2 Å². The Morgan fingerprint density at radius 3 is 2.73 bits per heavy atom. The molecule has 0 amide bonds. The molecule has 0 aliphatic heterocycles. The molecule has 0 aromatic rings. The summed E-state index contributed by atoms with van der Waals surface area (Å²) in [7, 11) is -2.80. The molecule has 0 saturated heterocycles. The Labute approximate surface area is 92.5 Å². The fraction of sp³-hybridized carbons (Fsp3) is 1.00. The van der Waals surface area contributed by atoms with E-state index in [0.29, 0.717) is 18.5 Å². The highest BCUT2D eigenvalue weighted by molar-refractivity contribution is 7.90. The molecule has 90 valence electrons. The Morgan fingerprint density at radius 1 is 1.40 bits per heavy atom. The van der Waals surface area contributed by atoms with E-state index in [9.17, 15) is 8.42 Å². The molecule has 0 bridgehead atoms. The fourth-order valence-corrected chi connectivity index (χ4v) is 2.72. The van der Waals surface area contributed by atoms with E-state index in [2.05, 4.69) is 5.32 Å². The van der Waals surface area contributed by atoms with Crippen LogP contribution < -0.4 is 11.1 Å². The van der Waals surface area contributed by atoms with Gasteiger partial charge >= 0.3 is 0 Å². The van der Waals surface area contributed by atoms with Crippen molar-refractivity contribution >= 4 is 9.84 Å². The summed E-state index contributed by atoms with van der Waals surface area (Å²) in [5.41, 5.74) is 5.86. The smallest absolute Gasteiger partial charge is 0.147 e. The third-order valence-electron chi connectivity index (χ3n) is 2.84. The summed E-state index contributed by atoms with van der Waals surface area (Å²) >= 11 is 0. The minimum atomic E-state index is -2.80. The predicted molar refractivity (Wildman–Crippen MR) is 62.6 cm³/mol. The van der Waals surface area contributed by atoms with Crippen LogP contribution in [0.2, 0.25) is 0 Å². The minimum absolute atomic E-state index is 0.277. The van der Waals surface area contributed by atoms with Gasteiger partial charge in [0, 0.05) is 18.3 Å². The summed E-state index contributed by atoms with van der Waals surface area (Å²) in [5.74, 6) is 0.277. The van der Waals surface area contributed by atoms with E-state index in [1.54, 1.807) is 0 Å². The normalized spacial score (nSPS) is 27.9. The standard InChI is InChI=1S/C10H22N2O2S/c1-15(13,14)7-3-6-12-10-5-2-4-9(11)8-10/h9-10,12H,2-8,11H2,1H3. The Morgan fingerprint density at radius 2 is 2.13 bits per heavy atom. The van der Waals surface area contributed by atoms with E-state index in [1.165, 1.54) is 19.1 Å². The molecule has 1 aliphatic carbocycles. The molecule has 1 rings (SSSR count). The summed E-state index contributed by atoms with van der Waals surface area (Å²) in [4.78, 5) is 0. The zero-order valence-electron chi connectivity index (χ0n) is 9.41. The quantitative estimate of drug-likeness (QED) is 0.670. The van der Waals surface area contributed by atoms with Crippen LogP contribution in [0.5, 0.6) is 0 Å². The van der Waals surface area contributed by atoms with Crippen LogP contribution >= 0.6 is 0 Å². The van der Waals surface area contributed by atoms with Crippen LogP contribution in [0.3, 0.4) is 0 Å². The maximum Gasteiger partial charge on any atom is 0.147 e. The van der Waals surface area contributed by atoms with Gasteiger partial charge < -0.3 is 11.1 Å². The van der Waals surface area contributed by atoms with Gasteiger partial charge in [0.1, 0.15) is 9.84 Å². The Bertz CT molecular complexity index is 277. The van der Waals surface area contributed by atoms with Gasteiger partial charge in [-0.25, -0.2) is 8.42 Å². The Balaban J connectivity index is 2.09. The van der Waals surface area contributed by atoms with E-state index in [0.717, 1.165) is 19.4 Å². The maximum absolute atomic E-state index is 10.9. The van der Waals surface area contributed by atoms with Crippen molar-refractivity contribution in [2.24, 2.45) is 5.73 Å². The zero-order valence-corrected chi connectivity index (χ0v) is 10.2. The first-order chi connectivity index (χ1) is 6.97. The number of hydrogen-bond donors (Lipinski definition) is 2. The molecule has 0 radical (unpaired) electrons. The minimum Gasteiger partial charge on any atom is -0.328 e. The average molecular weight is 234 g/mol. The molecule has 1 fully saturated rings. The van der Waals surface area contributed by atoms with Gasteiger partial charge in [0.2, 0.25) is 0 Å². The van der Waals surface area contributed by atoms with Gasteiger partial charge in [-0.2, -0.15) is 0 Å². The van der Waals surface area contributed by atoms with Crippen molar-refractivity contribution in [3.8, 4) is 0 Å². The average Bonchev–Trinajstić information content (AvgIpc) is 2.11. The Hall–Kier alpha value is -0.130. The molecule has 3 N–H and O–H groups in total. The summed E-state index contributed by atoms with van der Waals surface area (Å²) in [6, 6.07) is 0.819. The highest BCUT2D eigenvalue weighted by atomic mass is 32.2. The lowest BCUT2D eigenvalue weighted by molar-refractivity contribution is 0.340. The van der Waals surface area contributed by atoms with Crippen LogP contribution in [0.1, 0.15) is 32.1 Å². The van der Waals surface area contributed by atoms with Crippen molar-refractivity contribution in [2.75, 3.05) is 18.6 Å². The summed E-state index contributed by atoms with van der Waals surface area (Å²) in [5, 5.41) is 3.38. The van der Waals surface area contributed by atoms with Gasteiger partial charge in [-0.3, -0.25) is 0 Å². The van der Waals surface area contributed by atoms with Gasteiger partial charge in [-0.05, 0) is 32.2 Å². The van der Waals surface area contributed by atoms with Crippen molar-refractivity contribution in [1.82, 2.24) is 5.32 Å². The van der Waals surface area contributed by atoms with Crippen LogP contribution in [0.25, 0.3) is 0 Å². The van der Waals surface area contributed by atoms with E-state index < -0.39 is 9.84 Å². The van der Waals surface area contributed by atoms with E-state index in [-0.39, 0.29) is 5.75 Å². The maximum atomic E-state index is 10.9. The molecule has 2 unspecified atom stereocenters. The summed E-state index contributed by atoms with van der Waals surface area (Å²) in [6.45, 7) is 0.782. The first-order valence-corrected chi connectivity index (χ1v) is 7.70. The van der Waals surface area contributed by atoms with Crippen LogP contribution in [0, 0.1) is 0 Å². The fourth-order valence-electron chi connectivity index (χ4n) is 2.05. The molecule has 0 spiro atoms. The van der Waals surface area contributed by atoms with Crippen LogP contribution in [-0.2, 0) is 9.84 Å². The number of nitrogens with two attached hydrogens (primary N) is 1. The molecule has 4 nitrogen and oxygen atoms in total. The van der Waals surface area contributed by atoms with Gasteiger partial charge in [-0.15, -0.1) is 0 Å². The second kappa shape index (κ2) is 5.82. The van der Waals surface area contributed by atoms with E-state index in [1.807, 2.05) is 0 Å². The molecule has 2 atom stereocenters. The van der Waals surface area contributed by atoms with Crippen LogP contribution in [0.15, 0.2) is 0 Å². The lowest BCUT2D eigenvalue weighted by Gasteiger charge is -2.27. The largest absolute Gasteiger partial charge is 0.328 e. The van der Waals surface area contributed by atoms with Crippen molar-refractivity contribution in [1.29, 1.82) is 0 Å². The highest BCUT2D eigenvalue weighted by Crippen LogP contribution is 2.16. The van der Waals surface area contributed by atoms with Crippen molar-refractivity contribution in [3.05, 3.63) is 0 Å². The molecule has 0 aromatic carbocycles. The number of nitrogens with one attached hydrogen (secondary N) is 1. The van der Waals surface area contributed by atoms with Gasteiger partial charge in [-0.1, -0.05) is 6.42 Å². The molecular weight excluding hydrogens is 212 g/mol. The molecule has 5 heteroatoms. The molecule has 0 heterocycles. The second-order valence-electron chi connectivity index (χ2n) is 4.56. The van der Waals surface area contributed by atoms with E-state index >= 15 is 0 Å². The SMILES string of the molecule is CS(=O)(=O)CCCNC1CCCC(N)C1. The first-order valence-electron chi connectivity index (χ1n) is 5.64. The number of rotatable bonds is 5. The summed E-state index contributed by atoms with van der Waals surface area (Å²) in [6.07, 6.45) is 6.49. The van der Waals surface area contributed by atoms with Gasteiger partial charge in [0.25, 0.3) is 0 Å². The molecule has 1 aliphatic rings. The van der Waals surface area contributed by atoms with Crippen LogP contribution in [-0.4, -0.2) is 39.1 Å². The van der Waals surface area contributed by atoms with Gasteiger partial charge in [0.15, 0.2) is 0 Å². The monoisotopic (exact) mass is 234 g/mol. The zero-order chi connectivity index (χ0) is 11.3. The number of hydrogen-bond acceptors (Lipinski definition) is 4. The molecular formula is C10H22N2O2S. The number of sulfone groups is 1.